The van der Waals surface area contributed by atoms with E-state index in [0.29, 0.717) is 11.5 Å². The maximum Gasteiger partial charge on any atom is 0.490 e. The summed E-state index contributed by atoms with van der Waals surface area (Å²) in [6.07, 6.45) is -6.67. The summed E-state index contributed by atoms with van der Waals surface area (Å²) in [5.74, 6) is 0.165. The number of hydrazone groups is 1. The number of nitrogens with one attached hydrogen (secondary N) is 1. The van der Waals surface area contributed by atoms with Crippen molar-refractivity contribution in [2.45, 2.75) is 39.0 Å². The molecule has 1 aliphatic rings. The lowest BCUT2D eigenvalue weighted by molar-refractivity contribution is -0.193. The average molecular weight is 627 g/mol. The van der Waals surface area contributed by atoms with Crippen molar-refractivity contribution in [1.29, 1.82) is 0 Å². The fourth-order valence-electron chi connectivity index (χ4n) is 3.89. The van der Waals surface area contributed by atoms with E-state index in [2.05, 4.69) is 36.4 Å². The first-order valence-corrected chi connectivity index (χ1v) is 12.8. The molecule has 4 rings (SSSR count). The Morgan fingerprint density at radius 1 is 0.932 bits per heavy atom. The van der Waals surface area contributed by atoms with E-state index in [0.717, 1.165) is 41.4 Å². The van der Waals surface area contributed by atoms with E-state index < -0.39 is 24.3 Å². The number of hydrogen-bond acceptors (Lipinski definition) is 6. The highest BCUT2D eigenvalue weighted by Crippen LogP contribution is 2.25. The highest BCUT2D eigenvalue weighted by Gasteiger charge is 2.38. The van der Waals surface area contributed by atoms with Crippen LogP contribution in [0.1, 0.15) is 47.3 Å². The van der Waals surface area contributed by atoms with Gasteiger partial charge in [0.15, 0.2) is 0 Å². The summed E-state index contributed by atoms with van der Waals surface area (Å²) in [6, 6.07) is 17.7. The molecule has 0 spiro atoms. The van der Waals surface area contributed by atoms with Crippen LogP contribution in [0.25, 0.3) is 10.8 Å². The van der Waals surface area contributed by atoms with Crippen LogP contribution in [0.5, 0.6) is 0 Å². The first-order chi connectivity index (χ1) is 20.4. The van der Waals surface area contributed by atoms with Crippen molar-refractivity contribution in [2.75, 3.05) is 11.9 Å². The van der Waals surface area contributed by atoms with E-state index >= 15 is 0 Å². The standard InChI is InChI=1S/C25H26N4O.2C2HF3O2/c1-16(2)11-24-23-8-7-22(14-20(23)9-10-27-24)29-25(30)21-6-5-18-12-17(15-28-26)3-4-19(18)13-21;2*3-2(4,5)1(6)7/h3-8,12-16H,9-11,26H2,1-2H3,(H,29,30);2*(H,6,7). The molecule has 0 unspecified atom stereocenters. The molecule has 3 aromatic rings. The van der Waals surface area contributed by atoms with Crippen molar-refractivity contribution in [2.24, 2.45) is 21.9 Å². The molecule has 5 N–H and O–H groups in total. The van der Waals surface area contributed by atoms with Gasteiger partial charge in [0.25, 0.3) is 5.91 Å². The van der Waals surface area contributed by atoms with Gasteiger partial charge in [-0.1, -0.05) is 38.1 Å². The molecule has 1 aliphatic heterocycles. The van der Waals surface area contributed by atoms with Crippen LogP contribution in [0.15, 0.2) is 64.7 Å². The highest BCUT2D eigenvalue weighted by molar-refractivity contribution is 6.07. The number of nitrogens with zero attached hydrogens (tertiary/aromatic N) is 2. The maximum atomic E-state index is 12.8. The Bertz CT molecular complexity index is 1540. The molecule has 0 saturated heterocycles. The largest absolute Gasteiger partial charge is 0.490 e. The second-order valence-corrected chi connectivity index (χ2v) is 9.71. The van der Waals surface area contributed by atoms with Crippen LogP contribution in [0.3, 0.4) is 0 Å². The van der Waals surface area contributed by atoms with Gasteiger partial charge < -0.3 is 21.4 Å². The number of aliphatic carboxylic acids is 2. The number of carboxylic acids is 2. The minimum Gasteiger partial charge on any atom is -0.475 e. The number of aliphatic imine (C=N–C) groups is 1. The molecule has 1 heterocycles. The van der Waals surface area contributed by atoms with Crippen molar-refractivity contribution in [3.63, 3.8) is 0 Å². The molecule has 0 bridgehead atoms. The van der Waals surface area contributed by atoms with Crippen molar-refractivity contribution >= 4 is 46.2 Å². The number of carbonyl (C=O) groups is 3. The summed E-state index contributed by atoms with van der Waals surface area (Å²) < 4.78 is 63.5. The number of nitrogens with two attached hydrogens (primary N) is 1. The van der Waals surface area contributed by atoms with Crippen LogP contribution in [0.4, 0.5) is 32.0 Å². The van der Waals surface area contributed by atoms with Gasteiger partial charge in [-0.3, -0.25) is 9.79 Å². The van der Waals surface area contributed by atoms with Gasteiger partial charge in [0.1, 0.15) is 0 Å². The number of benzene rings is 3. The van der Waals surface area contributed by atoms with Gasteiger partial charge in [-0.25, -0.2) is 9.59 Å². The second-order valence-electron chi connectivity index (χ2n) is 9.71. The Labute approximate surface area is 247 Å². The molecule has 0 radical (unpaired) electrons. The third-order valence-corrected chi connectivity index (χ3v) is 5.79. The molecule has 1 amide bonds. The molecular formula is C29H28F6N4O5. The van der Waals surface area contributed by atoms with Gasteiger partial charge in [-0.2, -0.15) is 31.4 Å². The van der Waals surface area contributed by atoms with Gasteiger partial charge in [0.05, 0.1) is 6.21 Å². The normalized spacial score (nSPS) is 12.8. The smallest absolute Gasteiger partial charge is 0.475 e. The number of fused-ring (bicyclic) bond motifs is 2. The summed E-state index contributed by atoms with van der Waals surface area (Å²) in [4.78, 5) is 35.3. The Balaban J connectivity index is 0.000000402. The summed E-state index contributed by atoms with van der Waals surface area (Å²) in [5, 5.41) is 22.9. The van der Waals surface area contributed by atoms with Crippen LogP contribution in [-0.4, -0.2) is 58.9 Å². The molecular weight excluding hydrogens is 598 g/mol. The summed E-state index contributed by atoms with van der Waals surface area (Å²) >= 11 is 0. The molecule has 0 atom stereocenters. The molecule has 0 aliphatic carbocycles. The van der Waals surface area contributed by atoms with Gasteiger partial charge in [0.2, 0.25) is 0 Å². The first-order valence-electron chi connectivity index (χ1n) is 12.8. The summed E-state index contributed by atoms with van der Waals surface area (Å²) in [5.41, 5.74) is 6.03. The molecule has 0 aromatic heterocycles. The highest BCUT2D eigenvalue weighted by atomic mass is 19.4. The van der Waals surface area contributed by atoms with Crippen molar-refractivity contribution in [3.05, 3.63) is 76.9 Å². The van der Waals surface area contributed by atoms with Crippen molar-refractivity contribution in [1.82, 2.24) is 0 Å². The second kappa shape index (κ2) is 15.0. The van der Waals surface area contributed by atoms with Crippen LogP contribution < -0.4 is 11.2 Å². The van der Waals surface area contributed by atoms with E-state index in [1.54, 1.807) is 6.21 Å². The topological polar surface area (TPSA) is 154 Å². The number of carboxylic acid groups (broad SMARTS) is 2. The lowest BCUT2D eigenvalue weighted by Crippen LogP contribution is -2.21. The number of rotatable bonds is 5. The minimum atomic E-state index is -5.08. The number of amides is 1. The SMILES string of the molecule is CC(C)CC1=NCCc2cc(NC(=O)c3ccc4cc(C=NN)ccc4c3)ccc21.O=C(O)C(F)(F)F.O=C(O)C(F)(F)F. The third-order valence-electron chi connectivity index (χ3n) is 5.79. The molecule has 15 heteroatoms. The Hall–Kier alpha value is -4.95. The summed E-state index contributed by atoms with van der Waals surface area (Å²) in [7, 11) is 0. The van der Waals surface area contributed by atoms with Crippen LogP contribution in [0, 0.1) is 5.92 Å². The van der Waals surface area contributed by atoms with Crippen molar-refractivity contribution < 1.29 is 50.9 Å². The molecule has 236 valence electrons. The molecule has 9 nitrogen and oxygen atoms in total. The zero-order chi connectivity index (χ0) is 33.2. The van der Waals surface area contributed by atoms with E-state index in [1.165, 1.54) is 16.8 Å². The van der Waals surface area contributed by atoms with Crippen LogP contribution >= 0.6 is 0 Å². The van der Waals surface area contributed by atoms with Gasteiger partial charge >= 0.3 is 24.3 Å². The fourth-order valence-corrected chi connectivity index (χ4v) is 3.89. The van der Waals surface area contributed by atoms with Gasteiger partial charge in [-0.05, 0) is 76.6 Å². The zero-order valence-corrected chi connectivity index (χ0v) is 23.3. The zero-order valence-electron chi connectivity index (χ0n) is 23.3. The predicted octanol–water partition coefficient (Wildman–Crippen LogP) is 6.04. The lowest BCUT2D eigenvalue weighted by Gasteiger charge is -2.19. The number of anilines is 1. The lowest BCUT2D eigenvalue weighted by atomic mass is 9.92. The molecule has 3 aromatic carbocycles. The van der Waals surface area contributed by atoms with Crippen LogP contribution in [0.2, 0.25) is 0 Å². The number of alkyl halides is 6. The predicted molar refractivity (Wildman–Crippen MR) is 152 cm³/mol. The number of halogens is 6. The number of carbonyl (C=O) groups excluding carboxylic acids is 1. The Kier molecular flexibility index (Phi) is 12.0. The molecule has 44 heavy (non-hydrogen) atoms. The van der Waals surface area contributed by atoms with E-state index in [1.807, 2.05) is 42.5 Å². The molecule has 0 saturated carbocycles. The van der Waals surface area contributed by atoms with Crippen LogP contribution in [-0.2, 0) is 16.0 Å². The quantitative estimate of drug-likeness (QED) is 0.117. The van der Waals surface area contributed by atoms with E-state index in [4.69, 9.17) is 30.6 Å². The van der Waals surface area contributed by atoms with Gasteiger partial charge in [-0.15, -0.1) is 0 Å². The van der Waals surface area contributed by atoms with E-state index in [-0.39, 0.29) is 5.91 Å². The van der Waals surface area contributed by atoms with Crippen molar-refractivity contribution in [3.8, 4) is 0 Å². The fraction of sp³-hybridized carbons (Fsp3) is 0.276. The first kappa shape index (κ1) is 35.2. The molecule has 0 fully saturated rings. The third kappa shape index (κ3) is 10.7. The minimum absolute atomic E-state index is 0.115. The number of hydrogen-bond donors (Lipinski definition) is 4. The summed E-state index contributed by atoms with van der Waals surface area (Å²) in [6.45, 7) is 5.23. The monoisotopic (exact) mass is 626 g/mol. The van der Waals surface area contributed by atoms with Gasteiger partial charge in [0, 0.05) is 23.5 Å². The Morgan fingerprint density at radius 3 is 2.05 bits per heavy atom. The maximum absolute atomic E-state index is 12.8. The average Bonchev–Trinajstić information content (AvgIpc) is 2.92. The van der Waals surface area contributed by atoms with E-state index in [9.17, 15) is 31.1 Å². The Morgan fingerprint density at radius 2 is 1.50 bits per heavy atom.